The molecule has 3 aromatic carbocycles. The van der Waals surface area contributed by atoms with Crippen molar-refractivity contribution in [3.8, 4) is 11.5 Å². The number of rotatable bonds is 9. The monoisotopic (exact) mass is 487 g/mol. The lowest BCUT2D eigenvalue weighted by atomic mass is 10.0. The molecule has 0 saturated heterocycles. The third kappa shape index (κ3) is 4.71. The Morgan fingerprint density at radius 2 is 1.83 bits per heavy atom. The van der Waals surface area contributed by atoms with Crippen molar-refractivity contribution < 1.29 is 23.8 Å². The van der Waals surface area contributed by atoms with E-state index < -0.39 is 6.04 Å². The van der Waals surface area contributed by atoms with E-state index in [1.54, 1.807) is 25.3 Å². The van der Waals surface area contributed by atoms with Gasteiger partial charge < -0.3 is 19.5 Å². The maximum absolute atomic E-state index is 14.0. The van der Waals surface area contributed by atoms with Crippen LogP contribution in [0.5, 0.6) is 11.5 Å². The summed E-state index contributed by atoms with van der Waals surface area (Å²) < 4.78 is 17.6. The average molecular weight is 488 g/mol. The van der Waals surface area contributed by atoms with E-state index in [0.29, 0.717) is 41.4 Å². The van der Waals surface area contributed by atoms with Crippen LogP contribution in [0.4, 0.5) is 5.69 Å². The van der Waals surface area contributed by atoms with Gasteiger partial charge in [0.05, 0.1) is 12.1 Å². The predicted molar refractivity (Wildman–Crippen MR) is 132 cm³/mol. The van der Waals surface area contributed by atoms with E-state index in [9.17, 15) is 9.59 Å². The highest BCUT2D eigenvalue weighted by atomic mass is 16.7. The second kappa shape index (κ2) is 10.4. The molecule has 0 radical (unpaired) electrons. The highest BCUT2D eigenvalue weighted by Crippen LogP contribution is 2.38. The van der Waals surface area contributed by atoms with E-state index in [1.165, 1.54) is 9.58 Å². The molecule has 0 fully saturated rings. The van der Waals surface area contributed by atoms with Crippen molar-refractivity contribution in [3.05, 3.63) is 78.4 Å². The van der Waals surface area contributed by atoms with E-state index in [0.717, 1.165) is 5.52 Å². The number of nitrogens with zero attached hydrogens (tertiary/aromatic N) is 4. The minimum Gasteiger partial charge on any atom is -0.454 e. The Bertz CT molecular complexity index is 1370. The zero-order chi connectivity index (χ0) is 24.9. The second-order valence-corrected chi connectivity index (χ2v) is 8.13. The molecule has 0 aliphatic carbocycles. The fourth-order valence-electron chi connectivity index (χ4n) is 4.14. The summed E-state index contributed by atoms with van der Waals surface area (Å²) in [6, 6.07) is 20.8. The molecule has 2 heterocycles. The number of para-hydroxylation sites is 1. The summed E-state index contributed by atoms with van der Waals surface area (Å²) in [7, 11) is 1.56. The maximum atomic E-state index is 14.0. The number of hydrogen-bond donors (Lipinski definition) is 1. The van der Waals surface area contributed by atoms with Gasteiger partial charge in [-0.25, -0.2) is 4.68 Å². The normalized spacial score (nSPS) is 12.9. The number of methoxy groups -OCH3 is 1. The fourth-order valence-corrected chi connectivity index (χ4v) is 4.14. The van der Waals surface area contributed by atoms with Gasteiger partial charge in [0.1, 0.15) is 18.1 Å². The number of carbonyl (C=O) groups excluding carboxylic acids is 2. The van der Waals surface area contributed by atoms with Gasteiger partial charge >= 0.3 is 0 Å². The zero-order valence-corrected chi connectivity index (χ0v) is 19.7. The lowest BCUT2D eigenvalue weighted by molar-refractivity contribution is -0.127. The highest BCUT2D eigenvalue weighted by molar-refractivity contribution is 6.01. The Balaban J connectivity index is 1.57. The molecule has 0 bridgehead atoms. The van der Waals surface area contributed by atoms with Crippen LogP contribution in [0.25, 0.3) is 11.0 Å². The van der Waals surface area contributed by atoms with Gasteiger partial charge in [0.15, 0.2) is 11.5 Å². The van der Waals surface area contributed by atoms with Gasteiger partial charge in [0, 0.05) is 25.4 Å². The predicted octanol–water partition coefficient (Wildman–Crippen LogP) is 2.70. The lowest BCUT2D eigenvalue weighted by Crippen LogP contribution is -2.46. The fraction of sp³-hybridized carbons (Fsp3) is 0.231. The maximum Gasteiger partial charge on any atom is 0.249 e. The molecule has 10 nitrogen and oxygen atoms in total. The van der Waals surface area contributed by atoms with Gasteiger partial charge in [-0.15, -0.1) is 5.10 Å². The van der Waals surface area contributed by atoms with Gasteiger partial charge in [0.2, 0.25) is 18.6 Å². The number of anilines is 1. The Morgan fingerprint density at radius 3 is 2.67 bits per heavy atom. The molecule has 2 amide bonds. The third-order valence-electron chi connectivity index (χ3n) is 5.84. The Labute approximate surface area is 207 Å². The second-order valence-electron chi connectivity index (χ2n) is 8.13. The number of carbonyl (C=O) groups is 2. The molecule has 1 aromatic heterocycles. The molecule has 1 N–H and O–H groups in total. The van der Waals surface area contributed by atoms with Crippen molar-refractivity contribution in [2.24, 2.45) is 0 Å². The average Bonchev–Trinajstić information content (AvgIpc) is 3.54. The number of benzene rings is 3. The third-order valence-corrected chi connectivity index (χ3v) is 5.84. The van der Waals surface area contributed by atoms with Crippen molar-refractivity contribution in [3.63, 3.8) is 0 Å². The first-order chi connectivity index (χ1) is 17.7. The van der Waals surface area contributed by atoms with Gasteiger partial charge in [-0.1, -0.05) is 47.7 Å². The molecule has 1 aliphatic heterocycles. The molecule has 1 unspecified atom stereocenters. The number of hydrogen-bond acceptors (Lipinski definition) is 7. The number of fused-ring (bicyclic) bond motifs is 2. The quantitative estimate of drug-likeness (QED) is 0.362. The molecule has 184 valence electrons. The van der Waals surface area contributed by atoms with Crippen molar-refractivity contribution in [1.82, 2.24) is 20.3 Å². The summed E-state index contributed by atoms with van der Waals surface area (Å²) in [6.07, 6.45) is 0. The summed E-state index contributed by atoms with van der Waals surface area (Å²) in [6.45, 7) is 0.618. The van der Waals surface area contributed by atoms with E-state index >= 15 is 0 Å². The van der Waals surface area contributed by atoms with Crippen molar-refractivity contribution >= 4 is 28.5 Å². The van der Waals surface area contributed by atoms with Crippen molar-refractivity contribution in [2.45, 2.75) is 12.6 Å². The van der Waals surface area contributed by atoms with Crippen LogP contribution in [0.15, 0.2) is 72.8 Å². The molecular weight excluding hydrogens is 462 g/mol. The minimum absolute atomic E-state index is 0.0945. The van der Waals surface area contributed by atoms with E-state index in [-0.39, 0.29) is 25.2 Å². The first-order valence-corrected chi connectivity index (χ1v) is 11.5. The largest absolute Gasteiger partial charge is 0.454 e. The topological polar surface area (TPSA) is 108 Å². The molecule has 36 heavy (non-hydrogen) atoms. The standard InChI is InChI=1S/C26H25N5O5/c1-34-14-13-27-26(33)25(18-7-3-2-4-8-18)31(19-11-12-22-23(15-19)36-17-35-22)24(32)16-30-21-10-6-5-9-20(21)28-29-30/h2-12,15,25H,13-14,16-17H2,1H3,(H,27,33). The van der Waals surface area contributed by atoms with Crippen molar-refractivity contribution in [1.29, 1.82) is 0 Å². The Kier molecular flexibility index (Phi) is 6.76. The van der Waals surface area contributed by atoms with Crippen molar-refractivity contribution in [2.75, 3.05) is 32.0 Å². The number of ether oxygens (including phenoxy) is 3. The van der Waals surface area contributed by atoms with E-state index in [2.05, 4.69) is 15.6 Å². The van der Waals surface area contributed by atoms with Crippen LogP contribution >= 0.6 is 0 Å². The minimum atomic E-state index is -0.953. The summed E-state index contributed by atoms with van der Waals surface area (Å²) in [5, 5.41) is 11.2. The van der Waals surface area contributed by atoms with Crippen LogP contribution in [-0.4, -0.2) is 53.9 Å². The summed E-state index contributed by atoms with van der Waals surface area (Å²) in [4.78, 5) is 29.0. The van der Waals surface area contributed by atoms with Crippen LogP contribution in [0.2, 0.25) is 0 Å². The molecule has 4 aromatic rings. The zero-order valence-electron chi connectivity index (χ0n) is 19.7. The van der Waals surface area contributed by atoms with Crippen LogP contribution in [0.3, 0.4) is 0 Å². The molecule has 0 spiro atoms. The Morgan fingerprint density at radius 1 is 1.06 bits per heavy atom. The number of aromatic nitrogens is 3. The Hall–Kier alpha value is -4.44. The van der Waals surface area contributed by atoms with Crippen LogP contribution in [0.1, 0.15) is 11.6 Å². The molecule has 0 saturated carbocycles. The molecule has 5 rings (SSSR count). The van der Waals surface area contributed by atoms with Gasteiger partial charge in [0.25, 0.3) is 0 Å². The van der Waals surface area contributed by atoms with Gasteiger partial charge in [-0.3, -0.25) is 14.5 Å². The SMILES string of the molecule is COCCNC(=O)C(c1ccccc1)N(C(=O)Cn1nnc2ccccc21)c1ccc2c(c1)OCO2. The number of amides is 2. The van der Waals surface area contributed by atoms with E-state index in [4.69, 9.17) is 14.2 Å². The molecule has 10 heteroatoms. The highest BCUT2D eigenvalue weighted by Gasteiger charge is 2.34. The van der Waals surface area contributed by atoms with Crippen LogP contribution in [-0.2, 0) is 20.9 Å². The van der Waals surface area contributed by atoms with Gasteiger partial charge in [-0.05, 0) is 29.8 Å². The van der Waals surface area contributed by atoms with Gasteiger partial charge in [-0.2, -0.15) is 0 Å². The summed E-state index contributed by atoms with van der Waals surface area (Å²) >= 11 is 0. The molecule has 1 atom stereocenters. The molecular formula is C26H25N5O5. The van der Waals surface area contributed by atoms with Crippen LogP contribution < -0.4 is 19.7 Å². The van der Waals surface area contributed by atoms with E-state index in [1.807, 2.05) is 54.6 Å². The summed E-state index contributed by atoms with van der Waals surface area (Å²) in [5.74, 6) is 0.394. The smallest absolute Gasteiger partial charge is 0.249 e. The van der Waals surface area contributed by atoms with Crippen LogP contribution in [0, 0.1) is 0 Å². The lowest BCUT2D eigenvalue weighted by Gasteiger charge is -2.31. The first kappa shape index (κ1) is 23.3. The molecule has 1 aliphatic rings. The summed E-state index contributed by atoms with van der Waals surface area (Å²) in [5.41, 5.74) is 2.54. The first-order valence-electron chi connectivity index (χ1n) is 11.5. The number of nitrogens with one attached hydrogen (secondary N) is 1.